The standard InChI is InChI=1S/C21H25N/c1-6-11-22-12-9-8-10-17(3)14-20(7-2)21-15-18(4)13-19(5)16-21/h7-9,12-16H,10H2,1-5H3/b9-8-,17-14+,20-7+,22-12?. The Labute approximate surface area is 135 Å². The van der Waals surface area contributed by atoms with Gasteiger partial charge in [-0.2, -0.15) is 0 Å². The Hall–Kier alpha value is -2.33. The highest BCUT2D eigenvalue weighted by Gasteiger charge is 2.00. The number of aliphatic imine (C=N–C) groups is 1. The second-order valence-electron chi connectivity index (χ2n) is 5.38. The molecule has 0 aliphatic carbocycles. The van der Waals surface area contributed by atoms with Gasteiger partial charge in [-0.3, -0.25) is 0 Å². The second-order valence-corrected chi connectivity index (χ2v) is 5.38. The van der Waals surface area contributed by atoms with E-state index in [1.54, 1.807) is 13.1 Å². The van der Waals surface area contributed by atoms with Gasteiger partial charge in [0.05, 0.1) is 0 Å². The van der Waals surface area contributed by atoms with E-state index in [1.807, 2.05) is 6.08 Å². The van der Waals surface area contributed by atoms with Crippen LogP contribution >= 0.6 is 0 Å². The van der Waals surface area contributed by atoms with Crippen LogP contribution in [0, 0.1) is 25.8 Å². The molecule has 0 radical (unpaired) electrons. The number of rotatable bonds is 5. The molecule has 0 bridgehead atoms. The van der Waals surface area contributed by atoms with Gasteiger partial charge in [-0.15, -0.1) is 0 Å². The molecular formula is C21H25N. The average molecular weight is 291 g/mol. The molecule has 1 aromatic rings. The second kappa shape index (κ2) is 9.58. The zero-order chi connectivity index (χ0) is 16.4. The number of nitrogens with zero attached hydrogens (tertiary/aromatic N) is 1. The molecule has 0 aliphatic rings. The summed E-state index contributed by atoms with van der Waals surface area (Å²) in [4.78, 5) is 3.93. The van der Waals surface area contributed by atoms with Crippen LogP contribution < -0.4 is 0 Å². The third-order valence-electron chi connectivity index (χ3n) is 3.18. The van der Waals surface area contributed by atoms with E-state index in [1.165, 1.54) is 27.8 Å². The summed E-state index contributed by atoms with van der Waals surface area (Å²) in [6.07, 6.45) is 11.1. The van der Waals surface area contributed by atoms with Crippen LogP contribution in [-0.2, 0) is 0 Å². The van der Waals surface area contributed by atoms with Crippen LogP contribution in [0.2, 0.25) is 0 Å². The normalized spacial score (nSPS) is 12.8. The Morgan fingerprint density at radius 1 is 1.18 bits per heavy atom. The lowest BCUT2D eigenvalue weighted by atomic mass is 9.98. The smallest absolute Gasteiger partial charge is 0.0372 e. The predicted octanol–water partition coefficient (Wildman–Crippen LogP) is 5.65. The highest BCUT2D eigenvalue weighted by Crippen LogP contribution is 2.21. The van der Waals surface area contributed by atoms with E-state index < -0.39 is 0 Å². The lowest BCUT2D eigenvalue weighted by Gasteiger charge is -2.07. The molecule has 0 N–H and O–H groups in total. The van der Waals surface area contributed by atoms with Crippen molar-refractivity contribution in [1.29, 1.82) is 0 Å². The van der Waals surface area contributed by atoms with Crippen LogP contribution in [0.1, 0.15) is 43.9 Å². The van der Waals surface area contributed by atoms with Crippen LogP contribution in [0.5, 0.6) is 0 Å². The molecule has 0 amide bonds. The van der Waals surface area contributed by atoms with E-state index in [2.05, 4.69) is 81.1 Å². The van der Waals surface area contributed by atoms with Crippen LogP contribution in [-0.4, -0.2) is 6.21 Å². The minimum atomic E-state index is 0.910. The maximum atomic E-state index is 3.93. The summed E-state index contributed by atoms with van der Waals surface area (Å²) in [7, 11) is 0. The fraction of sp³-hybridized carbons (Fsp3) is 0.286. The van der Waals surface area contributed by atoms with Crippen LogP contribution in [0.25, 0.3) is 5.57 Å². The SMILES string of the molecule is CC#CN=C/C=C\C/C(C)=C/C(=C\C)c1cc(C)cc(C)c1. The Morgan fingerprint density at radius 2 is 1.86 bits per heavy atom. The van der Waals surface area contributed by atoms with E-state index in [9.17, 15) is 0 Å². The van der Waals surface area contributed by atoms with Gasteiger partial charge in [0.25, 0.3) is 0 Å². The van der Waals surface area contributed by atoms with Crippen molar-refractivity contribution in [2.24, 2.45) is 4.99 Å². The summed E-state index contributed by atoms with van der Waals surface area (Å²) in [6.45, 7) is 10.3. The molecule has 0 atom stereocenters. The molecule has 1 heteroatoms. The van der Waals surface area contributed by atoms with Gasteiger partial charge in [-0.1, -0.05) is 59.0 Å². The van der Waals surface area contributed by atoms with E-state index in [0.717, 1.165) is 6.42 Å². The lowest BCUT2D eigenvalue weighted by molar-refractivity contribution is 1.21. The van der Waals surface area contributed by atoms with Crippen molar-refractivity contribution in [3.63, 3.8) is 0 Å². The molecule has 22 heavy (non-hydrogen) atoms. The molecule has 0 spiro atoms. The van der Waals surface area contributed by atoms with Crippen molar-refractivity contribution in [3.8, 4) is 12.0 Å². The maximum Gasteiger partial charge on any atom is 0.0372 e. The molecule has 0 aromatic heterocycles. The molecule has 1 nitrogen and oxygen atoms in total. The predicted molar refractivity (Wildman–Crippen MR) is 99.0 cm³/mol. The molecule has 0 aliphatic heterocycles. The molecule has 0 saturated carbocycles. The number of hydrogen-bond donors (Lipinski definition) is 0. The van der Waals surface area contributed by atoms with Crippen molar-refractivity contribution < 1.29 is 0 Å². The zero-order valence-electron chi connectivity index (χ0n) is 14.3. The third-order valence-corrected chi connectivity index (χ3v) is 3.18. The van der Waals surface area contributed by atoms with Gasteiger partial charge in [0.15, 0.2) is 0 Å². The molecule has 1 aromatic carbocycles. The molecule has 1 rings (SSSR count). The minimum absolute atomic E-state index is 0.910. The quantitative estimate of drug-likeness (QED) is 0.377. The first-order valence-corrected chi connectivity index (χ1v) is 7.59. The van der Waals surface area contributed by atoms with E-state index in [0.29, 0.717) is 0 Å². The zero-order valence-corrected chi connectivity index (χ0v) is 14.3. The fourth-order valence-electron chi connectivity index (χ4n) is 2.26. The van der Waals surface area contributed by atoms with E-state index >= 15 is 0 Å². The van der Waals surface area contributed by atoms with E-state index in [-0.39, 0.29) is 0 Å². The molecule has 0 heterocycles. The third kappa shape index (κ3) is 6.41. The molecule has 114 valence electrons. The lowest BCUT2D eigenvalue weighted by Crippen LogP contribution is -1.87. The van der Waals surface area contributed by atoms with Gasteiger partial charge in [-0.05, 0) is 58.3 Å². The first-order valence-electron chi connectivity index (χ1n) is 7.59. The van der Waals surface area contributed by atoms with Crippen molar-refractivity contribution in [2.75, 3.05) is 0 Å². The van der Waals surface area contributed by atoms with Crippen molar-refractivity contribution in [3.05, 3.63) is 64.8 Å². The van der Waals surface area contributed by atoms with Gasteiger partial charge in [-0.25, -0.2) is 4.99 Å². The van der Waals surface area contributed by atoms with E-state index in [4.69, 9.17) is 0 Å². The molecular weight excluding hydrogens is 266 g/mol. The Morgan fingerprint density at radius 3 is 2.45 bits per heavy atom. The van der Waals surface area contributed by atoms with Crippen LogP contribution in [0.3, 0.4) is 0 Å². The van der Waals surface area contributed by atoms with Crippen molar-refractivity contribution in [2.45, 2.75) is 41.0 Å². The highest BCUT2D eigenvalue weighted by atomic mass is 14.6. The summed E-state index contributed by atoms with van der Waals surface area (Å²) in [5, 5.41) is 0. The first kappa shape index (κ1) is 17.7. The fourth-order valence-corrected chi connectivity index (χ4v) is 2.26. The average Bonchev–Trinajstić information content (AvgIpc) is 2.47. The van der Waals surface area contributed by atoms with Gasteiger partial charge in [0.1, 0.15) is 0 Å². The highest BCUT2D eigenvalue weighted by molar-refractivity contribution is 5.75. The summed E-state index contributed by atoms with van der Waals surface area (Å²) in [5.74, 6) is 2.73. The van der Waals surface area contributed by atoms with Crippen molar-refractivity contribution >= 4 is 11.8 Å². The molecule has 0 fully saturated rings. The largest absolute Gasteiger partial charge is 0.206 e. The molecule has 0 saturated heterocycles. The van der Waals surface area contributed by atoms with Crippen molar-refractivity contribution in [1.82, 2.24) is 0 Å². The van der Waals surface area contributed by atoms with Gasteiger partial charge < -0.3 is 0 Å². The maximum absolute atomic E-state index is 3.93. The van der Waals surface area contributed by atoms with Gasteiger partial charge >= 0.3 is 0 Å². The summed E-state index contributed by atoms with van der Waals surface area (Å²) in [6, 6.07) is 9.33. The first-order chi connectivity index (χ1) is 10.6. The summed E-state index contributed by atoms with van der Waals surface area (Å²) < 4.78 is 0. The van der Waals surface area contributed by atoms with Crippen LogP contribution in [0.15, 0.2) is 53.1 Å². The number of allylic oxidation sites excluding steroid dienone is 6. The van der Waals surface area contributed by atoms with Crippen LogP contribution in [0.4, 0.5) is 0 Å². The summed E-state index contributed by atoms with van der Waals surface area (Å²) in [5.41, 5.74) is 6.46. The number of aryl methyl sites for hydroxylation is 2. The topological polar surface area (TPSA) is 12.4 Å². The van der Waals surface area contributed by atoms with Gasteiger partial charge in [0.2, 0.25) is 0 Å². The van der Waals surface area contributed by atoms with Gasteiger partial charge in [0, 0.05) is 12.3 Å². The number of hydrogen-bond acceptors (Lipinski definition) is 1. The minimum Gasteiger partial charge on any atom is -0.206 e. The Bertz CT molecular complexity index is 653. The molecule has 0 unspecified atom stereocenters. The Balaban J connectivity index is 2.81. The summed E-state index contributed by atoms with van der Waals surface area (Å²) >= 11 is 0. The number of benzene rings is 1. The monoisotopic (exact) mass is 291 g/mol. The Kier molecular flexibility index (Phi) is 7.72.